The van der Waals surface area contributed by atoms with Gasteiger partial charge in [-0.05, 0) is 18.3 Å². The normalized spacial score (nSPS) is 22.2. The van der Waals surface area contributed by atoms with E-state index in [0.29, 0.717) is 25.7 Å². The predicted molar refractivity (Wildman–Crippen MR) is 65.6 cm³/mol. The van der Waals surface area contributed by atoms with Crippen molar-refractivity contribution in [3.63, 3.8) is 0 Å². The van der Waals surface area contributed by atoms with Crippen molar-refractivity contribution in [2.45, 2.75) is 46.0 Å². The highest BCUT2D eigenvalue weighted by Gasteiger charge is 2.50. The fraction of sp³-hybridized carbons (Fsp3) is 0.643. The molecule has 1 aliphatic carbocycles. The van der Waals surface area contributed by atoms with Crippen molar-refractivity contribution < 1.29 is 14.4 Å². The smallest absolute Gasteiger partial charge is 0.147 e. The molecular weight excluding hydrogens is 216 g/mol. The van der Waals surface area contributed by atoms with Crippen molar-refractivity contribution in [2.24, 2.45) is 10.8 Å². The number of hydrogen-bond acceptors (Lipinski definition) is 3. The Hall–Kier alpha value is -1.25. The van der Waals surface area contributed by atoms with Crippen molar-refractivity contribution in [3.8, 4) is 0 Å². The Balaban J connectivity index is 3.03. The van der Waals surface area contributed by atoms with Gasteiger partial charge in [-0.2, -0.15) is 0 Å². The Morgan fingerprint density at radius 3 is 2.18 bits per heavy atom. The molecule has 0 amide bonds. The van der Waals surface area contributed by atoms with Gasteiger partial charge in [0.1, 0.15) is 17.9 Å². The second-order valence-electron chi connectivity index (χ2n) is 5.64. The van der Waals surface area contributed by atoms with E-state index in [-0.39, 0.29) is 23.4 Å². The highest BCUT2D eigenvalue weighted by Crippen LogP contribution is 2.44. The predicted octanol–water partition coefficient (Wildman–Crippen LogP) is 2.49. The molecular formula is C14H20O3. The van der Waals surface area contributed by atoms with E-state index >= 15 is 0 Å². The van der Waals surface area contributed by atoms with Crippen molar-refractivity contribution in [1.29, 1.82) is 0 Å². The molecule has 0 heterocycles. The van der Waals surface area contributed by atoms with Gasteiger partial charge in [0.25, 0.3) is 0 Å². The van der Waals surface area contributed by atoms with Crippen LogP contribution in [-0.4, -0.2) is 17.9 Å². The molecule has 0 aromatic carbocycles. The monoisotopic (exact) mass is 236 g/mol. The van der Waals surface area contributed by atoms with E-state index in [1.807, 2.05) is 13.8 Å². The van der Waals surface area contributed by atoms with Gasteiger partial charge in [-0.25, -0.2) is 0 Å². The van der Waals surface area contributed by atoms with Crippen molar-refractivity contribution in [2.75, 3.05) is 0 Å². The largest absolute Gasteiger partial charge is 0.303 e. The molecule has 3 heteroatoms. The van der Waals surface area contributed by atoms with Crippen LogP contribution < -0.4 is 0 Å². The van der Waals surface area contributed by atoms with E-state index in [9.17, 15) is 14.4 Å². The number of carbonyl (C=O) groups is 3. The maximum absolute atomic E-state index is 12.3. The van der Waals surface area contributed by atoms with E-state index in [0.717, 1.165) is 6.29 Å². The summed E-state index contributed by atoms with van der Waals surface area (Å²) in [4.78, 5) is 35.0. The Morgan fingerprint density at radius 2 is 1.76 bits per heavy atom. The van der Waals surface area contributed by atoms with Crippen LogP contribution in [0.3, 0.4) is 0 Å². The summed E-state index contributed by atoms with van der Waals surface area (Å²) in [5.41, 5.74) is -1.22. The molecule has 94 valence electrons. The molecule has 0 aliphatic heterocycles. The second-order valence-corrected chi connectivity index (χ2v) is 5.64. The second kappa shape index (κ2) is 4.94. The fourth-order valence-electron chi connectivity index (χ4n) is 2.59. The van der Waals surface area contributed by atoms with E-state index in [1.165, 1.54) is 0 Å². The summed E-state index contributed by atoms with van der Waals surface area (Å²) in [6, 6.07) is 0. The Bertz CT molecular complexity index is 332. The molecule has 0 N–H and O–H groups in total. The van der Waals surface area contributed by atoms with Gasteiger partial charge in [-0.1, -0.05) is 19.9 Å². The van der Waals surface area contributed by atoms with E-state index in [1.54, 1.807) is 6.08 Å². The van der Waals surface area contributed by atoms with Crippen LogP contribution in [-0.2, 0) is 14.4 Å². The van der Waals surface area contributed by atoms with Gasteiger partial charge in [-0.3, -0.25) is 9.59 Å². The molecule has 1 aliphatic rings. The van der Waals surface area contributed by atoms with Crippen LogP contribution in [0.5, 0.6) is 0 Å². The summed E-state index contributed by atoms with van der Waals surface area (Å²) in [6.45, 7) is 7.48. The molecule has 1 fully saturated rings. The summed E-state index contributed by atoms with van der Waals surface area (Å²) in [6.07, 6.45) is 4.14. The molecule has 0 aromatic heterocycles. The van der Waals surface area contributed by atoms with Gasteiger partial charge in [-0.15, -0.1) is 6.58 Å². The molecule has 0 saturated heterocycles. The first-order valence-corrected chi connectivity index (χ1v) is 5.99. The Labute approximate surface area is 102 Å². The van der Waals surface area contributed by atoms with E-state index in [2.05, 4.69) is 6.58 Å². The van der Waals surface area contributed by atoms with Crippen LogP contribution in [0, 0.1) is 10.8 Å². The molecule has 0 aromatic rings. The van der Waals surface area contributed by atoms with Crippen LogP contribution in [0.4, 0.5) is 0 Å². The van der Waals surface area contributed by atoms with E-state index in [4.69, 9.17) is 0 Å². The summed E-state index contributed by atoms with van der Waals surface area (Å²) in [5, 5.41) is 0. The molecule has 17 heavy (non-hydrogen) atoms. The lowest BCUT2D eigenvalue weighted by Gasteiger charge is -2.40. The van der Waals surface area contributed by atoms with Crippen molar-refractivity contribution >= 4 is 17.9 Å². The summed E-state index contributed by atoms with van der Waals surface area (Å²) in [7, 11) is 0. The molecule has 0 radical (unpaired) electrons. The Morgan fingerprint density at radius 1 is 1.24 bits per heavy atom. The lowest BCUT2D eigenvalue weighted by Crippen LogP contribution is -2.47. The standard InChI is InChI=1S/C14H20O3/c1-4-6-14(7-5-8-15)11(16)9-13(2,3)10-12(14)17/h4,8H,1,5-7,9-10H2,2-3H3. The number of aldehydes is 1. The summed E-state index contributed by atoms with van der Waals surface area (Å²) < 4.78 is 0. The van der Waals surface area contributed by atoms with Crippen LogP contribution in [0.2, 0.25) is 0 Å². The minimum Gasteiger partial charge on any atom is -0.303 e. The lowest BCUT2D eigenvalue weighted by molar-refractivity contribution is -0.148. The van der Waals surface area contributed by atoms with Gasteiger partial charge in [0.2, 0.25) is 0 Å². The summed E-state index contributed by atoms with van der Waals surface area (Å²) >= 11 is 0. The van der Waals surface area contributed by atoms with Gasteiger partial charge in [0, 0.05) is 19.3 Å². The molecule has 1 saturated carbocycles. The van der Waals surface area contributed by atoms with Crippen molar-refractivity contribution in [3.05, 3.63) is 12.7 Å². The van der Waals surface area contributed by atoms with Gasteiger partial charge in [0.15, 0.2) is 0 Å². The molecule has 0 unspecified atom stereocenters. The fourth-order valence-corrected chi connectivity index (χ4v) is 2.59. The zero-order chi connectivity index (χ0) is 13.1. The van der Waals surface area contributed by atoms with Crippen LogP contribution in [0.15, 0.2) is 12.7 Å². The van der Waals surface area contributed by atoms with Gasteiger partial charge >= 0.3 is 0 Å². The first-order valence-electron chi connectivity index (χ1n) is 5.99. The molecule has 3 nitrogen and oxygen atoms in total. The first kappa shape index (κ1) is 13.8. The zero-order valence-electron chi connectivity index (χ0n) is 10.6. The quantitative estimate of drug-likeness (QED) is 0.418. The number of Topliss-reactive ketones (excluding diaryl/α,β-unsaturated/α-hetero) is 2. The maximum atomic E-state index is 12.3. The zero-order valence-corrected chi connectivity index (χ0v) is 10.6. The van der Waals surface area contributed by atoms with E-state index < -0.39 is 5.41 Å². The number of rotatable bonds is 5. The topological polar surface area (TPSA) is 51.2 Å². The maximum Gasteiger partial charge on any atom is 0.147 e. The molecule has 1 rings (SSSR count). The minimum atomic E-state index is -0.974. The number of hydrogen-bond donors (Lipinski definition) is 0. The Kier molecular flexibility index (Phi) is 4.02. The molecule has 0 spiro atoms. The number of carbonyl (C=O) groups excluding carboxylic acids is 3. The summed E-state index contributed by atoms with van der Waals surface area (Å²) in [5.74, 6) is -0.0546. The third kappa shape index (κ3) is 2.71. The molecule has 0 bridgehead atoms. The highest BCUT2D eigenvalue weighted by molar-refractivity contribution is 6.09. The van der Waals surface area contributed by atoms with Crippen LogP contribution in [0.25, 0.3) is 0 Å². The van der Waals surface area contributed by atoms with Gasteiger partial charge < -0.3 is 4.79 Å². The third-order valence-electron chi connectivity index (χ3n) is 3.53. The number of ketones is 2. The van der Waals surface area contributed by atoms with Crippen LogP contribution in [0.1, 0.15) is 46.0 Å². The minimum absolute atomic E-state index is 0.0273. The molecule has 0 atom stereocenters. The highest BCUT2D eigenvalue weighted by atomic mass is 16.2. The average molecular weight is 236 g/mol. The van der Waals surface area contributed by atoms with Crippen LogP contribution >= 0.6 is 0 Å². The first-order chi connectivity index (χ1) is 7.88. The third-order valence-corrected chi connectivity index (χ3v) is 3.53. The average Bonchev–Trinajstić information content (AvgIpc) is 2.20. The number of allylic oxidation sites excluding steroid dienone is 1. The lowest BCUT2D eigenvalue weighted by atomic mass is 9.60. The SMILES string of the molecule is C=CCC1(CCC=O)C(=O)CC(C)(C)CC1=O. The van der Waals surface area contributed by atoms with Gasteiger partial charge in [0.05, 0.1) is 5.41 Å². The van der Waals surface area contributed by atoms with Crippen molar-refractivity contribution in [1.82, 2.24) is 0 Å².